The van der Waals surface area contributed by atoms with Gasteiger partial charge in [0.05, 0.1) is 19.3 Å². The Hall–Kier alpha value is -2.57. The normalized spacial score (nSPS) is 9.77. The van der Waals surface area contributed by atoms with E-state index in [0.717, 1.165) is 0 Å². The standard InChI is InChI=1S/C15H18O7/c1-4-20-15(18)9-22-13-7-11(21-8-14(17)19-3)5-6-12(13)10(2)16/h5-7H,4,8-9H2,1-3H3. The molecule has 0 saturated carbocycles. The molecule has 0 N–H and O–H groups in total. The molecular formula is C15H18O7. The lowest BCUT2D eigenvalue weighted by Crippen LogP contribution is -2.16. The first-order chi connectivity index (χ1) is 10.5. The van der Waals surface area contributed by atoms with Crippen LogP contribution in [-0.2, 0) is 19.1 Å². The number of ether oxygens (including phenoxy) is 4. The fraction of sp³-hybridized carbons (Fsp3) is 0.400. The Morgan fingerprint density at radius 2 is 1.73 bits per heavy atom. The van der Waals surface area contributed by atoms with Crippen molar-refractivity contribution >= 4 is 17.7 Å². The highest BCUT2D eigenvalue weighted by atomic mass is 16.6. The van der Waals surface area contributed by atoms with Crippen LogP contribution < -0.4 is 9.47 Å². The monoisotopic (exact) mass is 310 g/mol. The van der Waals surface area contributed by atoms with E-state index < -0.39 is 11.9 Å². The Morgan fingerprint density at radius 1 is 1.05 bits per heavy atom. The summed E-state index contributed by atoms with van der Waals surface area (Å²) in [6.07, 6.45) is 0. The van der Waals surface area contributed by atoms with Crippen LogP contribution in [0.15, 0.2) is 18.2 Å². The number of carbonyl (C=O) groups excluding carboxylic acids is 3. The zero-order valence-electron chi connectivity index (χ0n) is 12.7. The number of carbonyl (C=O) groups is 3. The van der Waals surface area contributed by atoms with Gasteiger partial charge in [0.25, 0.3) is 0 Å². The first-order valence-corrected chi connectivity index (χ1v) is 6.61. The van der Waals surface area contributed by atoms with E-state index in [2.05, 4.69) is 4.74 Å². The van der Waals surface area contributed by atoms with Crippen LogP contribution in [0.3, 0.4) is 0 Å². The van der Waals surface area contributed by atoms with Crippen molar-refractivity contribution in [1.29, 1.82) is 0 Å². The van der Waals surface area contributed by atoms with E-state index in [1.165, 1.54) is 32.2 Å². The summed E-state index contributed by atoms with van der Waals surface area (Å²) in [6, 6.07) is 4.45. The first-order valence-electron chi connectivity index (χ1n) is 6.61. The van der Waals surface area contributed by atoms with Crippen molar-refractivity contribution in [2.75, 3.05) is 26.9 Å². The highest BCUT2D eigenvalue weighted by molar-refractivity contribution is 5.97. The highest BCUT2D eigenvalue weighted by Crippen LogP contribution is 2.25. The van der Waals surface area contributed by atoms with Crippen LogP contribution in [0.4, 0.5) is 0 Å². The van der Waals surface area contributed by atoms with Gasteiger partial charge >= 0.3 is 11.9 Å². The Bertz CT molecular complexity index is 551. The molecule has 0 fully saturated rings. The molecule has 0 spiro atoms. The van der Waals surface area contributed by atoms with Crippen LogP contribution in [0.5, 0.6) is 11.5 Å². The molecule has 7 nitrogen and oxygen atoms in total. The van der Waals surface area contributed by atoms with Crippen LogP contribution in [0.25, 0.3) is 0 Å². The number of Topliss-reactive ketones (excluding diaryl/α,β-unsaturated/α-hetero) is 1. The third-order valence-electron chi connectivity index (χ3n) is 2.57. The quantitative estimate of drug-likeness (QED) is 0.529. The maximum atomic E-state index is 11.5. The van der Waals surface area contributed by atoms with Gasteiger partial charge in [-0.15, -0.1) is 0 Å². The summed E-state index contributed by atoms with van der Waals surface area (Å²) in [5, 5.41) is 0. The minimum absolute atomic E-state index is 0.183. The molecule has 0 saturated heterocycles. The van der Waals surface area contributed by atoms with E-state index in [4.69, 9.17) is 14.2 Å². The number of hydrogen-bond acceptors (Lipinski definition) is 7. The molecule has 1 aromatic rings. The number of ketones is 1. The zero-order chi connectivity index (χ0) is 16.5. The topological polar surface area (TPSA) is 88.1 Å². The summed E-state index contributed by atoms with van der Waals surface area (Å²) in [4.78, 5) is 33.9. The van der Waals surface area contributed by atoms with E-state index in [-0.39, 0.29) is 31.4 Å². The van der Waals surface area contributed by atoms with Crippen molar-refractivity contribution in [3.05, 3.63) is 23.8 Å². The second-order valence-corrected chi connectivity index (χ2v) is 4.17. The van der Waals surface area contributed by atoms with Crippen LogP contribution in [0.1, 0.15) is 24.2 Å². The molecule has 0 aliphatic heterocycles. The van der Waals surface area contributed by atoms with Crippen molar-refractivity contribution in [2.45, 2.75) is 13.8 Å². The minimum atomic E-state index is -0.544. The molecule has 0 aromatic heterocycles. The summed E-state index contributed by atoms with van der Waals surface area (Å²) in [5.74, 6) is -0.807. The maximum absolute atomic E-state index is 11.5. The molecule has 0 amide bonds. The summed E-state index contributed by atoms with van der Waals surface area (Å²) in [6.45, 7) is 2.70. The van der Waals surface area contributed by atoms with Crippen LogP contribution >= 0.6 is 0 Å². The first kappa shape index (κ1) is 17.5. The Labute approximate surface area is 128 Å². The molecule has 0 heterocycles. The predicted octanol–water partition coefficient (Wildman–Crippen LogP) is 1.38. The van der Waals surface area contributed by atoms with E-state index in [1.54, 1.807) is 6.92 Å². The minimum Gasteiger partial charge on any atom is -0.482 e. The van der Waals surface area contributed by atoms with Crippen molar-refractivity contribution in [3.63, 3.8) is 0 Å². The fourth-order valence-corrected chi connectivity index (χ4v) is 1.54. The van der Waals surface area contributed by atoms with Crippen molar-refractivity contribution in [2.24, 2.45) is 0 Å². The third kappa shape index (κ3) is 5.43. The van der Waals surface area contributed by atoms with Crippen molar-refractivity contribution < 1.29 is 33.3 Å². The third-order valence-corrected chi connectivity index (χ3v) is 2.57. The van der Waals surface area contributed by atoms with E-state index in [9.17, 15) is 14.4 Å². The number of rotatable bonds is 8. The molecule has 0 bridgehead atoms. The number of benzene rings is 1. The van der Waals surface area contributed by atoms with E-state index in [1.807, 2.05) is 0 Å². The van der Waals surface area contributed by atoms with Crippen LogP contribution in [-0.4, -0.2) is 44.7 Å². The van der Waals surface area contributed by atoms with Crippen LogP contribution in [0.2, 0.25) is 0 Å². The molecule has 0 aliphatic rings. The Kier molecular flexibility index (Phi) is 6.88. The van der Waals surface area contributed by atoms with Crippen molar-refractivity contribution in [3.8, 4) is 11.5 Å². The van der Waals surface area contributed by atoms with Gasteiger partial charge in [-0.05, 0) is 26.0 Å². The van der Waals surface area contributed by atoms with Gasteiger partial charge in [0.15, 0.2) is 19.0 Å². The second-order valence-electron chi connectivity index (χ2n) is 4.17. The lowest BCUT2D eigenvalue weighted by molar-refractivity contribution is -0.145. The SMILES string of the molecule is CCOC(=O)COc1cc(OCC(=O)OC)ccc1C(C)=O. The Morgan fingerprint density at radius 3 is 2.32 bits per heavy atom. The number of hydrogen-bond donors (Lipinski definition) is 0. The Balaban J connectivity index is 2.83. The molecule has 0 aliphatic carbocycles. The molecule has 22 heavy (non-hydrogen) atoms. The number of methoxy groups -OCH3 is 1. The fourth-order valence-electron chi connectivity index (χ4n) is 1.54. The molecular weight excluding hydrogens is 292 g/mol. The van der Waals surface area contributed by atoms with Gasteiger partial charge in [0.1, 0.15) is 11.5 Å². The lowest BCUT2D eigenvalue weighted by atomic mass is 10.1. The molecule has 1 aromatic carbocycles. The molecule has 0 radical (unpaired) electrons. The van der Waals surface area contributed by atoms with Gasteiger partial charge in [-0.1, -0.05) is 0 Å². The maximum Gasteiger partial charge on any atom is 0.344 e. The molecule has 0 unspecified atom stereocenters. The smallest absolute Gasteiger partial charge is 0.344 e. The van der Waals surface area contributed by atoms with Crippen LogP contribution in [0, 0.1) is 0 Å². The average Bonchev–Trinajstić information content (AvgIpc) is 2.50. The lowest BCUT2D eigenvalue weighted by Gasteiger charge is -2.12. The predicted molar refractivity (Wildman–Crippen MR) is 76.1 cm³/mol. The average molecular weight is 310 g/mol. The largest absolute Gasteiger partial charge is 0.482 e. The highest BCUT2D eigenvalue weighted by Gasteiger charge is 2.13. The molecule has 120 valence electrons. The molecule has 1 rings (SSSR count). The van der Waals surface area contributed by atoms with Gasteiger partial charge in [-0.25, -0.2) is 9.59 Å². The zero-order valence-corrected chi connectivity index (χ0v) is 12.7. The second kappa shape index (κ2) is 8.66. The molecule has 7 heteroatoms. The summed E-state index contributed by atoms with van der Waals surface area (Å²) >= 11 is 0. The summed E-state index contributed by atoms with van der Waals surface area (Å²) in [7, 11) is 1.25. The summed E-state index contributed by atoms with van der Waals surface area (Å²) in [5.41, 5.74) is 0.301. The number of esters is 2. The summed E-state index contributed by atoms with van der Waals surface area (Å²) < 4.78 is 19.7. The molecule has 0 atom stereocenters. The van der Waals surface area contributed by atoms with Gasteiger partial charge in [0, 0.05) is 6.07 Å². The van der Waals surface area contributed by atoms with E-state index in [0.29, 0.717) is 11.3 Å². The van der Waals surface area contributed by atoms with Gasteiger partial charge < -0.3 is 18.9 Å². The van der Waals surface area contributed by atoms with Gasteiger partial charge in [-0.3, -0.25) is 4.79 Å². The van der Waals surface area contributed by atoms with Gasteiger partial charge in [0.2, 0.25) is 0 Å². The van der Waals surface area contributed by atoms with Crippen molar-refractivity contribution in [1.82, 2.24) is 0 Å². The van der Waals surface area contributed by atoms with E-state index >= 15 is 0 Å². The van der Waals surface area contributed by atoms with Gasteiger partial charge in [-0.2, -0.15) is 0 Å².